The van der Waals surface area contributed by atoms with Crippen LogP contribution in [0.15, 0.2) is 24.3 Å². The second-order valence-electron chi connectivity index (χ2n) is 5.95. The molecule has 0 aromatic heterocycles. The maximum Gasteiger partial charge on any atom is 0.232 e. The summed E-state index contributed by atoms with van der Waals surface area (Å²) >= 11 is 0. The van der Waals surface area contributed by atoms with Crippen molar-refractivity contribution >= 4 is 27.3 Å². The van der Waals surface area contributed by atoms with Crippen LogP contribution >= 0.6 is 0 Å². The van der Waals surface area contributed by atoms with E-state index in [2.05, 4.69) is 5.32 Å². The van der Waals surface area contributed by atoms with Gasteiger partial charge in [-0.05, 0) is 49.9 Å². The molecule has 0 spiro atoms. The topological polar surface area (TPSA) is 66.5 Å². The van der Waals surface area contributed by atoms with Crippen LogP contribution in [0.25, 0.3) is 0 Å². The maximum absolute atomic E-state index is 11.9. The third-order valence-corrected chi connectivity index (χ3v) is 5.32. The van der Waals surface area contributed by atoms with Gasteiger partial charge in [0.15, 0.2) is 0 Å². The summed E-state index contributed by atoms with van der Waals surface area (Å²) in [6.07, 6.45) is 6.11. The number of carbonyl (C=O) groups is 1. The first-order valence-electron chi connectivity index (χ1n) is 7.35. The summed E-state index contributed by atoms with van der Waals surface area (Å²) in [7, 11) is -3.25. The standard InChI is InChI=1S/C15H20N2O3S/c1-21(19,20)17(14-9-10-14)13-7-5-12(6-8-13)16-15(18)11-3-2-4-11/h5-8,11,14H,2-4,9-10H2,1H3,(H,16,18). The molecule has 2 aliphatic carbocycles. The normalized spacial score (nSPS) is 18.9. The number of nitrogens with one attached hydrogen (secondary N) is 1. The van der Waals surface area contributed by atoms with E-state index < -0.39 is 10.0 Å². The maximum atomic E-state index is 11.9. The number of rotatable bonds is 5. The molecule has 2 aliphatic rings. The van der Waals surface area contributed by atoms with Crippen molar-refractivity contribution < 1.29 is 13.2 Å². The van der Waals surface area contributed by atoms with E-state index in [1.807, 2.05) is 0 Å². The van der Waals surface area contributed by atoms with Gasteiger partial charge in [0.05, 0.1) is 11.9 Å². The van der Waals surface area contributed by atoms with Crippen LogP contribution in [-0.4, -0.2) is 26.6 Å². The lowest BCUT2D eigenvalue weighted by Crippen LogP contribution is -2.32. The molecule has 0 saturated heterocycles. The Morgan fingerprint density at radius 1 is 1.14 bits per heavy atom. The van der Waals surface area contributed by atoms with E-state index in [-0.39, 0.29) is 17.9 Å². The van der Waals surface area contributed by atoms with Gasteiger partial charge in [-0.15, -0.1) is 0 Å². The minimum absolute atomic E-state index is 0.0659. The number of hydrogen-bond acceptors (Lipinski definition) is 3. The number of nitrogens with zero attached hydrogens (tertiary/aromatic N) is 1. The van der Waals surface area contributed by atoms with Gasteiger partial charge in [-0.2, -0.15) is 0 Å². The Bertz CT molecular complexity index is 631. The van der Waals surface area contributed by atoms with Crippen LogP contribution in [0.5, 0.6) is 0 Å². The number of carbonyl (C=O) groups excluding carboxylic acids is 1. The van der Waals surface area contributed by atoms with Crippen molar-refractivity contribution in [3.63, 3.8) is 0 Å². The quantitative estimate of drug-likeness (QED) is 0.908. The first-order chi connectivity index (χ1) is 9.95. The zero-order chi connectivity index (χ0) is 15.0. The van der Waals surface area contributed by atoms with Crippen LogP contribution in [-0.2, 0) is 14.8 Å². The Morgan fingerprint density at radius 2 is 1.76 bits per heavy atom. The van der Waals surface area contributed by atoms with Gasteiger partial charge in [0, 0.05) is 17.6 Å². The lowest BCUT2D eigenvalue weighted by Gasteiger charge is -2.24. The third-order valence-electron chi connectivity index (χ3n) is 4.10. The number of anilines is 2. The molecule has 0 radical (unpaired) electrons. The molecular weight excluding hydrogens is 288 g/mol. The molecule has 5 nitrogen and oxygen atoms in total. The molecule has 0 atom stereocenters. The molecule has 1 aromatic carbocycles. The Morgan fingerprint density at radius 3 is 2.19 bits per heavy atom. The highest BCUT2D eigenvalue weighted by molar-refractivity contribution is 7.92. The Kier molecular flexibility index (Phi) is 3.65. The van der Waals surface area contributed by atoms with E-state index >= 15 is 0 Å². The van der Waals surface area contributed by atoms with E-state index in [9.17, 15) is 13.2 Å². The smallest absolute Gasteiger partial charge is 0.232 e. The fourth-order valence-electron chi connectivity index (χ4n) is 2.59. The van der Waals surface area contributed by atoms with Crippen LogP contribution < -0.4 is 9.62 Å². The van der Waals surface area contributed by atoms with E-state index in [0.29, 0.717) is 5.69 Å². The fraction of sp³-hybridized carbons (Fsp3) is 0.533. The zero-order valence-electron chi connectivity index (χ0n) is 12.1. The number of benzene rings is 1. The molecule has 114 valence electrons. The fourth-order valence-corrected chi connectivity index (χ4v) is 3.85. The zero-order valence-corrected chi connectivity index (χ0v) is 12.9. The monoisotopic (exact) mass is 308 g/mol. The van der Waals surface area contributed by atoms with Crippen LogP contribution in [0, 0.1) is 5.92 Å². The Hall–Kier alpha value is -1.56. The lowest BCUT2D eigenvalue weighted by atomic mass is 9.85. The molecule has 1 aromatic rings. The summed E-state index contributed by atoms with van der Waals surface area (Å²) in [5.41, 5.74) is 1.39. The van der Waals surface area contributed by atoms with Gasteiger partial charge >= 0.3 is 0 Å². The molecule has 6 heteroatoms. The summed E-state index contributed by atoms with van der Waals surface area (Å²) in [5.74, 6) is 0.208. The average Bonchev–Trinajstić information content (AvgIpc) is 3.12. The highest BCUT2D eigenvalue weighted by atomic mass is 32.2. The SMILES string of the molecule is CS(=O)(=O)N(c1ccc(NC(=O)C2CCC2)cc1)C1CC1. The van der Waals surface area contributed by atoms with Gasteiger partial charge < -0.3 is 5.32 Å². The molecule has 0 heterocycles. The van der Waals surface area contributed by atoms with Crippen molar-refractivity contribution in [2.75, 3.05) is 15.9 Å². The van der Waals surface area contributed by atoms with E-state index in [0.717, 1.165) is 37.8 Å². The predicted molar refractivity (Wildman–Crippen MR) is 82.8 cm³/mol. The number of sulfonamides is 1. The first kappa shape index (κ1) is 14.4. The summed E-state index contributed by atoms with van der Waals surface area (Å²) in [6.45, 7) is 0. The molecule has 21 heavy (non-hydrogen) atoms. The molecular formula is C15H20N2O3S. The van der Waals surface area contributed by atoms with Crippen molar-refractivity contribution in [2.45, 2.75) is 38.1 Å². The van der Waals surface area contributed by atoms with Crippen molar-refractivity contribution in [3.05, 3.63) is 24.3 Å². The lowest BCUT2D eigenvalue weighted by molar-refractivity contribution is -0.122. The predicted octanol–water partition coefficient (Wildman–Crippen LogP) is 2.35. The van der Waals surface area contributed by atoms with E-state index in [4.69, 9.17) is 0 Å². The average molecular weight is 308 g/mol. The van der Waals surface area contributed by atoms with E-state index in [1.165, 1.54) is 10.6 Å². The van der Waals surface area contributed by atoms with Crippen LogP contribution in [0.3, 0.4) is 0 Å². The van der Waals surface area contributed by atoms with Crippen molar-refractivity contribution in [1.82, 2.24) is 0 Å². The molecule has 1 amide bonds. The second kappa shape index (κ2) is 5.33. The van der Waals surface area contributed by atoms with E-state index in [1.54, 1.807) is 24.3 Å². The minimum atomic E-state index is -3.25. The highest BCUT2D eigenvalue weighted by Gasteiger charge is 2.35. The van der Waals surface area contributed by atoms with Crippen LogP contribution in [0.4, 0.5) is 11.4 Å². The summed E-state index contributed by atoms with van der Waals surface area (Å²) < 4.78 is 25.2. The molecule has 3 rings (SSSR count). The largest absolute Gasteiger partial charge is 0.326 e. The van der Waals surface area contributed by atoms with Gasteiger partial charge in [-0.25, -0.2) is 8.42 Å². The number of hydrogen-bond donors (Lipinski definition) is 1. The molecule has 0 unspecified atom stereocenters. The van der Waals surface area contributed by atoms with Gasteiger partial charge in [0.2, 0.25) is 15.9 Å². The summed E-state index contributed by atoms with van der Waals surface area (Å²) in [6, 6.07) is 7.15. The molecule has 2 saturated carbocycles. The highest BCUT2D eigenvalue weighted by Crippen LogP contribution is 2.34. The molecule has 0 aliphatic heterocycles. The third kappa shape index (κ3) is 3.20. The van der Waals surface area contributed by atoms with Gasteiger partial charge in [0.25, 0.3) is 0 Å². The van der Waals surface area contributed by atoms with Gasteiger partial charge in [0.1, 0.15) is 0 Å². The second-order valence-corrected chi connectivity index (χ2v) is 7.81. The summed E-state index contributed by atoms with van der Waals surface area (Å²) in [5, 5.41) is 2.89. The summed E-state index contributed by atoms with van der Waals surface area (Å²) in [4.78, 5) is 11.9. The minimum Gasteiger partial charge on any atom is -0.326 e. The van der Waals surface area contributed by atoms with Crippen molar-refractivity contribution in [3.8, 4) is 0 Å². The molecule has 0 bridgehead atoms. The van der Waals surface area contributed by atoms with Gasteiger partial charge in [-0.3, -0.25) is 9.10 Å². The number of amides is 1. The van der Waals surface area contributed by atoms with Crippen LogP contribution in [0.1, 0.15) is 32.1 Å². The Balaban J connectivity index is 1.72. The molecule has 1 N–H and O–H groups in total. The first-order valence-corrected chi connectivity index (χ1v) is 9.20. The van der Waals surface area contributed by atoms with Gasteiger partial charge in [-0.1, -0.05) is 6.42 Å². The molecule has 2 fully saturated rings. The van der Waals surface area contributed by atoms with Crippen molar-refractivity contribution in [2.24, 2.45) is 5.92 Å². The Labute approximate surface area is 125 Å². The van der Waals surface area contributed by atoms with Crippen molar-refractivity contribution in [1.29, 1.82) is 0 Å². The van der Waals surface area contributed by atoms with Crippen LogP contribution in [0.2, 0.25) is 0 Å².